The smallest absolute Gasteiger partial charge is 0.257 e. The van der Waals surface area contributed by atoms with Crippen molar-refractivity contribution >= 4 is 5.91 Å². The van der Waals surface area contributed by atoms with E-state index in [-0.39, 0.29) is 23.2 Å². The summed E-state index contributed by atoms with van der Waals surface area (Å²) in [4.78, 5) is 16.7. The van der Waals surface area contributed by atoms with Crippen LogP contribution >= 0.6 is 0 Å². The zero-order chi connectivity index (χ0) is 20.1. The van der Waals surface area contributed by atoms with Gasteiger partial charge in [-0.2, -0.15) is 0 Å². The van der Waals surface area contributed by atoms with Crippen LogP contribution in [0.5, 0.6) is 11.6 Å². The first-order valence-electron chi connectivity index (χ1n) is 8.69. The quantitative estimate of drug-likeness (QED) is 0.524. The monoisotopic (exact) mass is 390 g/mol. The molecule has 0 aliphatic carbocycles. The molecule has 2 heterocycles. The molecule has 0 unspecified atom stereocenters. The molecule has 0 atom stereocenters. The average molecular weight is 390 g/mol. The lowest BCUT2D eigenvalue weighted by molar-refractivity contribution is 0.0948. The molecule has 0 aliphatic rings. The van der Waals surface area contributed by atoms with E-state index in [9.17, 15) is 9.18 Å². The summed E-state index contributed by atoms with van der Waals surface area (Å²) in [5.74, 6) is 0.389. The Morgan fingerprint density at radius 2 is 1.86 bits per heavy atom. The Morgan fingerprint density at radius 1 is 1.07 bits per heavy atom. The first kappa shape index (κ1) is 18.2. The van der Waals surface area contributed by atoms with Crippen molar-refractivity contribution in [1.29, 1.82) is 0 Å². The van der Waals surface area contributed by atoms with E-state index in [1.54, 1.807) is 12.1 Å². The maximum atomic E-state index is 13.1. The van der Waals surface area contributed by atoms with Crippen LogP contribution in [-0.4, -0.2) is 31.5 Å². The van der Waals surface area contributed by atoms with Gasteiger partial charge >= 0.3 is 0 Å². The number of carbonyl (C=O) groups excluding carboxylic acids is 1. The molecule has 0 aliphatic heterocycles. The molecule has 2 aromatic heterocycles. The van der Waals surface area contributed by atoms with Gasteiger partial charge < -0.3 is 10.1 Å². The maximum absolute atomic E-state index is 13.1. The molecule has 0 fully saturated rings. The first-order valence-corrected chi connectivity index (χ1v) is 8.69. The van der Waals surface area contributed by atoms with Gasteiger partial charge in [-0.1, -0.05) is 24.3 Å². The van der Waals surface area contributed by atoms with Crippen LogP contribution in [-0.2, 0) is 6.54 Å². The molecule has 2 N–H and O–H groups in total. The van der Waals surface area contributed by atoms with Crippen molar-refractivity contribution in [2.24, 2.45) is 0 Å². The highest BCUT2D eigenvalue weighted by Gasteiger charge is 2.14. The normalized spacial score (nSPS) is 10.5. The summed E-state index contributed by atoms with van der Waals surface area (Å²) in [6.07, 6.45) is 1.52. The minimum absolute atomic E-state index is 0.143. The Labute approximate surface area is 164 Å². The third kappa shape index (κ3) is 4.41. The average Bonchev–Trinajstić information content (AvgIpc) is 3.29. The Morgan fingerprint density at radius 3 is 2.59 bits per heavy atom. The highest BCUT2D eigenvalue weighted by Crippen LogP contribution is 2.23. The van der Waals surface area contributed by atoms with E-state index in [4.69, 9.17) is 4.74 Å². The summed E-state index contributed by atoms with van der Waals surface area (Å²) < 4.78 is 18.7. The van der Waals surface area contributed by atoms with Crippen LogP contribution in [0.25, 0.3) is 11.4 Å². The second kappa shape index (κ2) is 8.26. The van der Waals surface area contributed by atoms with Gasteiger partial charge in [0, 0.05) is 18.3 Å². The third-order valence-corrected chi connectivity index (χ3v) is 4.07. The number of hydrogen-bond acceptors (Lipinski definition) is 6. The Balaban J connectivity index is 1.43. The number of nitrogens with zero attached hydrogens (tertiary/aromatic N) is 4. The van der Waals surface area contributed by atoms with E-state index >= 15 is 0 Å². The van der Waals surface area contributed by atoms with Crippen LogP contribution in [0.2, 0.25) is 0 Å². The topological polar surface area (TPSA) is 106 Å². The molecule has 144 valence electrons. The molecule has 4 rings (SSSR count). The number of ether oxygens (including phenoxy) is 1. The van der Waals surface area contributed by atoms with E-state index in [2.05, 4.69) is 30.9 Å². The minimum atomic E-state index is -0.373. The molecule has 0 spiro atoms. The Kier molecular flexibility index (Phi) is 5.19. The van der Waals surface area contributed by atoms with Crippen molar-refractivity contribution in [2.75, 3.05) is 0 Å². The van der Waals surface area contributed by atoms with Crippen LogP contribution in [0.15, 0.2) is 66.9 Å². The van der Waals surface area contributed by atoms with Crippen molar-refractivity contribution in [3.63, 3.8) is 0 Å². The van der Waals surface area contributed by atoms with Crippen LogP contribution in [0, 0.1) is 5.82 Å². The highest BCUT2D eigenvalue weighted by molar-refractivity contribution is 5.96. The summed E-state index contributed by atoms with van der Waals surface area (Å²) in [7, 11) is 0. The lowest BCUT2D eigenvalue weighted by Gasteiger charge is -2.10. The number of rotatable bonds is 6. The Hall–Kier alpha value is -4.14. The largest absolute Gasteiger partial charge is 0.438 e. The van der Waals surface area contributed by atoms with Crippen molar-refractivity contribution in [3.05, 3.63) is 83.8 Å². The van der Waals surface area contributed by atoms with Crippen molar-refractivity contribution in [2.45, 2.75) is 6.54 Å². The number of aromatic amines is 1. The van der Waals surface area contributed by atoms with Gasteiger partial charge in [0.25, 0.3) is 5.91 Å². The van der Waals surface area contributed by atoms with Gasteiger partial charge in [-0.25, -0.2) is 14.5 Å². The summed E-state index contributed by atoms with van der Waals surface area (Å²) in [6, 6.07) is 16.2. The molecule has 8 nitrogen and oxygen atoms in total. The van der Waals surface area contributed by atoms with Crippen LogP contribution in [0.4, 0.5) is 4.39 Å². The van der Waals surface area contributed by atoms with Gasteiger partial charge in [0.15, 0.2) is 5.82 Å². The molecular weight excluding hydrogens is 375 g/mol. The van der Waals surface area contributed by atoms with Gasteiger partial charge in [0.1, 0.15) is 17.1 Å². The van der Waals surface area contributed by atoms with E-state index in [0.717, 1.165) is 11.1 Å². The minimum Gasteiger partial charge on any atom is -0.438 e. The van der Waals surface area contributed by atoms with Crippen LogP contribution in [0.3, 0.4) is 0 Å². The van der Waals surface area contributed by atoms with E-state index in [1.807, 2.05) is 24.3 Å². The summed E-state index contributed by atoms with van der Waals surface area (Å²) >= 11 is 0. The number of nitrogens with one attached hydrogen (secondary N) is 2. The van der Waals surface area contributed by atoms with E-state index < -0.39 is 0 Å². The third-order valence-electron chi connectivity index (χ3n) is 4.07. The number of carbonyl (C=O) groups is 1. The number of halogens is 1. The second-order valence-corrected chi connectivity index (χ2v) is 6.04. The fraction of sp³-hybridized carbons (Fsp3) is 0.0500. The number of benzene rings is 2. The van der Waals surface area contributed by atoms with Crippen molar-refractivity contribution in [1.82, 2.24) is 30.9 Å². The summed E-state index contributed by atoms with van der Waals surface area (Å²) in [5.41, 5.74) is 2.02. The molecule has 0 saturated heterocycles. The molecule has 29 heavy (non-hydrogen) atoms. The number of H-pyrrole nitrogens is 1. The maximum Gasteiger partial charge on any atom is 0.257 e. The Bertz CT molecular complexity index is 1100. The van der Waals surface area contributed by atoms with E-state index in [1.165, 1.54) is 30.5 Å². The predicted molar refractivity (Wildman–Crippen MR) is 101 cm³/mol. The lowest BCUT2D eigenvalue weighted by Crippen LogP contribution is -2.23. The zero-order valence-corrected chi connectivity index (χ0v) is 15.0. The molecule has 1 amide bonds. The highest BCUT2D eigenvalue weighted by atomic mass is 19.1. The number of aromatic nitrogens is 5. The van der Waals surface area contributed by atoms with Gasteiger partial charge in [0.05, 0.1) is 0 Å². The van der Waals surface area contributed by atoms with E-state index in [0.29, 0.717) is 18.1 Å². The first-order chi connectivity index (χ1) is 14.2. The number of amides is 1. The van der Waals surface area contributed by atoms with Crippen LogP contribution in [0.1, 0.15) is 15.9 Å². The number of hydrogen-bond donors (Lipinski definition) is 2. The molecule has 0 radical (unpaired) electrons. The molecule has 0 bridgehead atoms. The molecular formula is C20H15FN6O2. The van der Waals surface area contributed by atoms with Gasteiger partial charge in [-0.3, -0.25) is 4.79 Å². The standard InChI is InChI=1S/C20H15FN6O2/c21-15-7-9-16(10-8-15)29-20-17(2-1-11-22-20)19(28)23-12-13-3-5-14(6-4-13)18-24-26-27-25-18/h1-11H,12H2,(H,23,28)(H,24,25,26,27). The molecule has 2 aromatic carbocycles. The SMILES string of the molecule is O=C(NCc1ccc(-c2nnn[nH]2)cc1)c1cccnc1Oc1ccc(F)cc1. The zero-order valence-electron chi connectivity index (χ0n) is 15.0. The van der Waals surface area contributed by atoms with Crippen molar-refractivity contribution < 1.29 is 13.9 Å². The predicted octanol–water partition coefficient (Wildman–Crippen LogP) is 3.12. The van der Waals surface area contributed by atoms with Gasteiger partial charge in [-0.15, -0.1) is 5.10 Å². The lowest BCUT2D eigenvalue weighted by atomic mass is 10.1. The number of pyridine rings is 1. The van der Waals surface area contributed by atoms with Crippen molar-refractivity contribution in [3.8, 4) is 23.0 Å². The molecule has 0 saturated carbocycles. The fourth-order valence-corrected chi connectivity index (χ4v) is 2.60. The second-order valence-electron chi connectivity index (χ2n) is 6.04. The molecule has 9 heteroatoms. The summed E-state index contributed by atoms with van der Waals surface area (Å²) in [5, 5.41) is 16.5. The van der Waals surface area contributed by atoms with Gasteiger partial charge in [0.2, 0.25) is 5.88 Å². The number of tetrazole rings is 1. The fourth-order valence-electron chi connectivity index (χ4n) is 2.60. The summed E-state index contributed by atoms with van der Waals surface area (Å²) in [6.45, 7) is 0.318. The molecule has 4 aromatic rings. The van der Waals surface area contributed by atoms with Crippen LogP contribution < -0.4 is 10.1 Å². The van der Waals surface area contributed by atoms with Gasteiger partial charge in [-0.05, 0) is 52.4 Å².